The summed E-state index contributed by atoms with van der Waals surface area (Å²) in [4.78, 5) is 1.61. The molecule has 1 aromatic rings. The number of benzene rings is 1. The molecule has 14 heavy (non-hydrogen) atoms. The van der Waals surface area contributed by atoms with Crippen molar-refractivity contribution in [3.63, 3.8) is 0 Å². The highest BCUT2D eigenvalue weighted by atomic mass is 19.1. The molecular formula is C9H12BFNO2-. The number of fused-ring (bicyclic) bond motifs is 1. The molecule has 1 aromatic carbocycles. The highest BCUT2D eigenvalue weighted by Gasteiger charge is 2.35. The summed E-state index contributed by atoms with van der Waals surface area (Å²) >= 11 is 0. The van der Waals surface area contributed by atoms with Crippen LogP contribution in [0.5, 0.6) is 0 Å². The molecule has 0 fully saturated rings. The minimum Gasteiger partial charge on any atom is -0.566 e. The molecule has 0 aromatic heterocycles. The molecule has 0 amide bonds. The Morgan fingerprint density at radius 3 is 2.86 bits per heavy atom. The Bertz CT molecular complexity index is 372. The maximum atomic E-state index is 12.9. The Labute approximate surface area is 82.1 Å². The summed E-state index contributed by atoms with van der Waals surface area (Å²) in [7, 11) is 3.47. The zero-order valence-corrected chi connectivity index (χ0v) is 8.20. The van der Waals surface area contributed by atoms with E-state index in [4.69, 9.17) is 4.65 Å². The highest BCUT2D eigenvalue weighted by molar-refractivity contribution is 6.78. The Morgan fingerprint density at radius 1 is 1.50 bits per heavy atom. The maximum absolute atomic E-state index is 12.9. The molecule has 1 N–H and O–H groups in total. The topological polar surface area (TPSA) is 32.7 Å². The second kappa shape index (κ2) is 3.05. The van der Waals surface area contributed by atoms with Gasteiger partial charge in [0.05, 0.1) is 0 Å². The van der Waals surface area contributed by atoms with E-state index in [1.165, 1.54) is 12.1 Å². The summed E-state index contributed by atoms with van der Waals surface area (Å²) in [5.74, 6) is -0.300. The van der Waals surface area contributed by atoms with Crippen LogP contribution >= 0.6 is 0 Å². The van der Waals surface area contributed by atoms with Crippen LogP contribution in [0.4, 0.5) is 4.39 Å². The fraction of sp³-hybridized carbons (Fsp3) is 0.333. The van der Waals surface area contributed by atoms with Gasteiger partial charge in [0.15, 0.2) is 0 Å². The smallest absolute Gasteiger partial charge is 0.345 e. The van der Waals surface area contributed by atoms with Gasteiger partial charge < -0.3 is 14.5 Å². The lowest BCUT2D eigenvalue weighted by molar-refractivity contribution is 0.201. The van der Waals surface area contributed by atoms with Gasteiger partial charge in [-0.15, -0.1) is 5.46 Å². The van der Waals surface area contributed by atoms with Gasteiger partial charge in [0.25, 0.3) is 0 Å². The Hall–Kier alpha value is -0.905. The van der Waals surface area contributed by atoms with Crippen molar-refractivity contribution < 1.29 is 14.1 Å². The highest BCUT2D eigenvalue weighted by Crippen LogP contribution is 2.19. The third-order valence-corrected chi connectivity index (χ3v) is 2.68. The first-order valence-corrected chi connectivity index (χ1v) is 4.50. The lowest BCUT2D eigenvalue weighted by Gasteiger charge is -2.38. The summed E-state index contributed by atoms with van der Waals surface area (Å²) in [5, 5.41) is 10.2. The quantitative estimate of drug-likeness (QED) is 0.644. The van der Waals surface area contributed by atoms with Crippen LogP contribution < -0.4 is 5.46 Å². The molecule has 0 spiro atoms. The van der Waals surface area contributed by atoms with E-state index in [1.54, 1.807) is 25.0 Å². The van der Waals surface area contributed by atoms with Gasteiger partial charge in [0.1, 0.15) is 5.82 Å². The minimum atomic E-state index is -2.10. The largest absolute Gasteiger partial charge is 0.566 e. The average Bonchev–Trinajstić information content (AvgIpc) is 2.45. The second-order valence-electron chi connectivity index (χ2n) is 3.82. The maximum Gasteiger partial charge on any atom is 0.345 e. The van der Waals surface area contributed by atoms with Crippen LogP contribution in [0.3, 0.4) is 0 Å². The third kappa shape index (κ3) is 1.25. The molecular weight excluding hydrogens is 184 g/mol. The number of nitrogens with zero attached hydrogens (tertiary/aromatic N) is 1. The van der Waals surface area contributed by atoms with Crippen molar-refractivity contribution in [1.82, 2.24) is 4.81 Å². The van der Waals surface area contributed by atoms with Crippen LogP contribution in [-0.4, -0.2) is 30.6 Å². The molecule has 0 aliphatic carbocycles. The monoisotopic (exact) mass is 196 g/mol. The first-order valence-electron chi connectivity index (χ1n) is 4.50. The minimum absolute atomic E-state index is 0.266. The summed E-state index contributed by atoms with van der Waals surface area (Å²) in [6.45, 7) is -1.84. The van der Waals surface area contributed by atoms with Crippen molar-refractivity contribution in [3.8, 4) is 0 Å². The average molecular weight is 196 g/mol. The second-order valence-corrected chi connectivity index (χ2v) is 3.82. The van der Waals surface area contributed by atoms with Crippen LogP contribution in [0.25, 0.3) is 0 Å². The van der Waals surface area contributed by atoms with E-state index in [9.17, 15) is 9.41 Å². The summed E-state index contributed by atoms with van der Waals surface area (Å²) < 4.78 is 18.2. The third-order valence-electron chi connectivity index (χ3n) is 2.68. The molecule has 5 heteroatoms. The van der Waals surface area contributed by atoms with Gasteiger partial charge in [-0.1, -0.05) is 11.6 Å². The zero-order valence-electron chi connectivity index (χ0n) is 8.20. The molecule has 2 rings (SSSR count). The van der Waals surface area contributed by atoms with Crippen molar-refractivity contribution in [2.45, 2.75) is 6.61 Å². The lowest BCUT2D eigenvalue weighted by Crippen LogP contribution is -2.59. The molecule has 0 saturated heterocycles. The Balaban J connectivity index is 2.49. The van der Waals surface area contributed by atoms with E-state index in [0.29, 0.717) is 5.46 Å². The fourth-order valence-electron chi connectivity index (χ4n) is 1.79. The lowest BCUT2D eigenvalue weighted by atomic mass is 9.63. The van der Waals surface area contributed by atoms with Crippen LogP contribution in [-0.2, 0) is 11.3 Å². The summed E-state index contributed by atoms with van der Waals surface area (Å²) in [5.41, 5.74) is 1.40. The van der Waals surface area contributed by atoms with E-state index in [0.717, 1.165) is 5.56 Å². The molecule has 1 aliphatic heterocycles. The van der Waals surface area contributed by atoms with E-state index in [2.05, 4.69) is 0 Å². The Kier molecular flexibility index (Phi) is 2.10. The molecule has 0 radical (unpaired) electrons. The predicted octanol–water partition coefficient (Wildman–Crippen LogP) is 0.0557. The van der Waals surface area contributed by atoms with Crippen LogP contribution in [0.1, 0.15) is 5.56 Å². The van der Waals surface area contributed by atoms with Crippen LogP contribution in [0, 0.1) is 5.82 Å². The van der Waals surface area contributed by atoms with E-state index >= 15 is 0 Å². The molecule has 1 unspecified atom stereocenters. The molecule has 0 bridgehead atoms. The number of halogens is 1. The van der Waals surface area contributed by atoms with Gasteiger partial charge >= 0.3 is 6.69 Å². The van der Waals surface area contributed by atoms with Crippen molar-refractivity contribution in [2.24, 2.45) is 0 Å². The van der Waals surface area contributed by atoms with E-state index < -0.39 is 6.69 Å². The van der Waals surface area contributed by atoms with Gasteiger partial charge in [0, 0.05) is 6.61 Å². The van der Waals surface area contributed by atoms with Gasteiger partial charge in [-0.3, -0.25) is 0 Å². The van der Waals surface area contributed by atoms with E-state index in [-0.39, 0.29) is 12.4 Å². The van der Waals surface area contributed by atoms with Gasteiger partial charge in [0.2, 0.25) is 0 Å². The Morgan fingerprint density at radius 2 is 2.21 bits per heavy atom. The van der Waals surface area contributed by atoms with Gasteiger partial charge in [-0.25, -0.2) is 4.39 Å². The van der Waals surface area contributed by atoms with Gasteiger partial charge in [-0.05, 0) is 26.2 Å². The molecule has 3 nitrogen and oxygen atoms in total. The van der Waals surface area contributed by atoms with Crippen LogP contribution in [0.15, 0.2) is 18.2 Å². The molecule has 1 atom stereocenters. The predicted molar refractivity (Wildman–Crippen MR) is 52.5 cm³/mol. The molecule has 1 heterocycles. The van der Waals surface area contributed by atoms with Crippen molar-refractivity contribution in [3.05, 3.63) is 29.6 Å². The van der Waals surface area contributed by atoms with E-state index in [1.807, 2.05) is 0 Å². The standard InChI is InChI=1S/C9H12BFNO2/c1-12(2)10(13)9-4-3-8(11)5-7(9)6-14-10/h3-5,13H,6H2,1-2H3/q-1. The number of hydrogen-bond donors (Lipinski definition) is 1. The van der Waals surface area contributed by atoms with Gasteiger partial charge in [-0.2, -0.15) is 0 Å². The fourth-order valence-corrected chi connectivity index (χ4v) is 1.79. The summed E-state index contributed by atoms with van der Waals surface area (Å²) in [6, 6.07) is 4.32. The first kappa shape index (κ1) is 9.64. The van der Waals surface area contributed by atoms with Crippen molar-refractivity contribution >= 4 is 12.1 Å². The zero-order chi connectivity index (χ0) is 10.3. The first-order chi connectivity index (χ1) is 6.54. The molecule has 1 aliphatic rings. The number of rotatable bonds is 1. The SMILES string of the molecule is CN(C)[B-]1(O)OCc2cc(F)ccc21. The molecule has 0 saturated carbocycles. The summed E-state index contributed by atoms with van der Waals surface area (Å²) in [6.07, 6.45) is 0. The van der Waals surface area contributed by atoms with Crippen LogP contribution in [0.2, 0.25) is 0 Å². The van der Waals surface area contributed by atoms with Crippen molar-refractivity contribution in [2.75, 3.05) is 14.1 Å². The van der Waals surface area contributed by atoms with Crippen molar-refractivity contribution in [1.29, 1.82) is 0 Å². The number of hydrogen-bond acceptors (Lipinski definition) is 3. The normalized spacial score (nSPS) is 25.5. The molecule has 76 valence electrons.